The average molecular weight is 259 g/mol. The molecule has 1 heterocycles. The third-order valence-corrected chi connectivity index (χ3v) is 3.67. The number of aromatic nitrogens is 1. The Morgan fingerprint density at radius 3 is 2.39 bits per heavy atom. The molecule has 0 radical (unpaired) electrons. The predicted molar refractivity (Wildman–Crippen MR) is 75.2 cm³/mol. The van der Waals surface area contributed by atoms with Gasteiger partial charge in [-0.1, -0.05) is 35.9 Å². The highest BCUT2D eigenvalue weighted by atomic mass is 35.5. The van der Waals surface area contributed by atoms with Gasteiger partial charge in [-0.05, 0) is 43.0 Å². The van der Waals surface area contributed by atoms with Gasteiger partial charge < -0.3 is 5.32 Å². The van der Waals surface area contributed by atoms with Crippen LogP contribution in [0.2, 0.25) is 5.15 Å². The first kappa shape index (κ1) is 11.5. The summed E-state index contributed by atoms with van der Waals surface area (Å²) in [6.45, 7) is 1.98. The SMILES string of the molecule is Cc1nc(Cl)ccc1NC1Cc2ccccc2C1. The van der Waals surface area contributed by atoms with Crippen molar-refractivity contribution in [3.8, 4) is 0 Å². The first-order chi connectivity index (χ1) is 8.72. The molecule has 0 saturated carbocycles. The van der Waals surface area contributed by atoms with Crippen LogP contribution in [0.25, 0.3) is 0 Å². The van der Waals surface area contributed by atoms with Crippen molar-refractivity contribution in [3.63, 3.8) is 0 Å². The van der Waals surface area contributed by atoms with E-state index in [0.29, 0.717) is 11.2 Å². The smallest absolute Gasteiger partial charge is 0.129 e. The number of halogens is 1. The molecule has 3 heteroatoms. The zero-order chi connectivity index (χ0) is 12.5. The number of nitrogens with one attached hydrogen (secondary N) is 1. The molecule has 1 aliphatic carbocycles. The fourth-order valence-electron chi connectivity index (χ4n) is 2.56. The number of nitrogens with zero attached hydrogens (tertiary/aromatic N) is 1. The quantitative estimate of drug-likeness (QED) is 0.833. The van der Waals surface area contributed by atoms with E-state index in [-0.39, 0.29) is 0 Å². The number of aryl methyl sites for hydroxylation is 1. The monoisotopic (exact) mass is 258 g/mol. The third-order valence-electron chi connectivity index (χ3n) is 3.46. The maximum Gasteiger partial charge on any atom is 0.129 e. The summed E-state index contributed by atoms with van der Waals surface area (Å²) in [5.41, 5.74) is 4.94. The van der Waals surface area contributed by atoms with Crippen LogP contribution >= 0.6 is 11.6 Å². The Morgan fingerprint density at radius 2 is 1.78 bits per heavy atom. The molecule has 0 atom stereocenters. The number of hydrogen-bond acceptors (Lipinski definition) is 2. The van der Waals surface area contributed by atoms with Crippen molar-refractivity contribution in [2.75, 3.05) is 5.32 Å². The maximum atomic E-state index is 5.87. The second kappa shape index (κ2) is 4.62. The van der Waals surface area contributed by atoms with E-state index in [2.05, 4.69) is 34.6 Å². The van der Waals surface area contributed by atoms with E-state index in [0.717, 1.165) is 24.2 Å². The molecule has 1 aromatic heterocycles. The maximum absolute atomic E-state index is 5.87. The fourth-order valence-corrected chi connectivity index (χ4v) is 2.75. The lowest BCUT2D eigenvalue weighted by Crippen LogP contribution is -2.20. The average Bonchev–Trinajstić information content (AvgIpc) is 2.75. The molecule has 0 bridgehead atoms. The van der Waals surface area contributed by atoms with Crippen LogP contribution in [0.4, 0.5) is 5.69 Å². The van der Waals surface area contributed by atoms with E-state index >= 15 is 0 Å². The molecular formula is C15H15ClN2. The third kappa shape index (κ3) is 2.21. The fraction of sp³-hybridized carbons (Fsp3) is 0.267. The number of pyridine rings is 1. The van der Waals surface area contributed by atoms with E-state index in [9.17, 15) is 0 Å². The van der Waals surface area contributed by atoms with E-state index in [1.807, 2.05) is 19.1 Å². The minimum atomic E-state index is 0.462. The Labute approximate surface area is 112 Å². The van der Waals surface area contributed by atoms with Gasteiger partial charge in [0.15, 0.2) is 0 Å². The standard InChI is InChI=1S/C15H15ClN2/c1-10-14(6-7-15(16)17-10)18-13-8-11-4-2-3-5-12(11)9-13/h2-7,13,18H,8-9H2,1H3. The Bertz CT molecular complexity index is 555. The molecule has 3 rings (SSSR count). The summed E-state index contributed by atoms with van der Waals surface area (Å²) >= 11 is 5.87. The summed E-state index contributed by atoms with van der Waals surface area (Å²) in [5, 5.41) is 4.11. The van der Waals surface area contributed by atoms with Crippen molar-refractivity contribution in [3.05, 3.63) is 58.4 Å². The Morgan fingerprint density at radius 1 is 1.11 bits per heavy atom. The van der Waals surface area contributed by atoms with Crippen molar-refractivity contribution in [1.29, 1.82) is 0 Å². The van der Waals surface area contributed by atoms with Gasteiger partial charge in [-0.3, -0.25) is 0 Å². The molecule has 0 unspecified atom stereocenters. The Kier molecular flexibility index (Phi) is 2.96. The minimum absolute atomic E-state index is 0.462. The van der Waals surface area contributed by atoms with Crippen molar-refractivity contribution >= 4 is 17.3 Å². The molecule has 18 heavy (non-hydrogen) atoms. The van der Waals surface area contributed by atoms with Crippen LogP contribution in [0, 0.1) is 6.92 Å². The number of benzene rings is 1. The minimum Gasteiger partial charge on any atom is -0.380 e. The molecule has 1 aliphatic rings. The molecule has 0 saturated heterocycles. The molecule has 1 aromatic carbocycles. The van der Waals surface area contributed by atoms with Gasteiger partial charge in [0.1, 0.15) is 5.15 Å². The summed E-state index contributed by atoms with van der Waals surface area (Å²) in [5.74, 6) is 0. The van der Waals surface area contributed by atoms with Crippen LogP contribution in [-0.4, -0.2) is 11.0 Å². The van der Waals surface area contributed by atoms with Crippen molar-refractivity contribution in [2.24, 2.45) is 0 Å². The Hall–Kier alpha value is -1.54. The lowest BCUT2D eigenvalue weighted by atomic mass is 10.1. The molecule has 92 valence electrons. The van der Waals surface area contributed by atoms with Crippen LogP contribution in [-0.2, 0) is 12.8 Å². The van der Waals surface area contributed by atoms with Gasteiger partial charge in [-0.2, -0.15) is 0 Å². The Balaban J connectivity index is 1.76. The van der Waals surface area contributed by atoms with Crippen molar-refractivity contribution in [2.45, 2.75) is 25.8 Å². The number of anilines is 1. The summed E-state index contributed by atoms with van der Waals surface area (Å²) in [7, 11) is 0. The topological polar surface area (TPSA) is 24.9 Å². The van der Waals surface area contributed by atoms with Crippen molar-refractivity contribution < 1.29 is 0 Å². The van der Waals surface area contributed by atoms with E-state index < -0.39 is 0 Å². The molecule has 2 aromatic rings. The van der Waals surface area contributed by atoms with Crippen LogP contribution in [0.5, 0.6) is 0 Å². The molecular weight excluding hydrogens is 244 g/mol. The highest BCUT2D eigenvalue weighted by Gasteiger charge is 2.21. The van der Waals surface area contributed by atoms with Gasteiger partial charge >= 0.3 is 0 Å². The van der Waals surface area contributed by atoms with Gasteiger partial charge in [0.2, 0.25) is 0 Å². The summed E-state index contributed by atoms with van der Waals surface area (Å²) in [6.07, 6.45) is 2.16. The summed E-state index contributed by atoms with van der Waals surface area (Å²) < 4.78 is 0. The lowest BCUT2D eigenvalue weighted by Gasteiger charge is -2.15. The van der Waals surface area contributed by atoms with Gasteiger partial charge in [-0.25, -0.2) is 4.98 Å². The zero-order valence-corrected chi connectivity index (χ0v) is 11.0. The molecule has 0 spiro atoms. The first-order valence-corrected chi connectivity index (χ1v) is 6.56. The van der Waals surface area contributed by atoms with Crippen molar-refractivity contribution in [1.82, 2.24) is 4.98 Å². The largest absolute Gasteiger partial charge is 0.380 e. The highest BCUT2D eigenvalue weighted by Crippen LogP contribution is 2.25. The highest BCUT2D eigenvalue weighted by molar-refractivity contribution is 6.29. The van der Waals surface area contributed by atoms with Gasteiger partial charge in [-0.15, -0.1) is 0 Å². The van der Waals surface area contributed by atoms with Gasteiger partial charge in [0, 0.05) is 6.04 Å². The van der Waals surface area contributed by atoms with Crippen LogP contribution in [0.1, 0.15) is 16.8 Å². The second-order valence-corrected chi connectivity index (χ2v) is 5.17. The van der Waals surface area contributed by atoms with Gasteiger partial charge in [0.05, 0.1) is 11.4 Å². The second-order valence-electron chi connectivity index (χ2n) is 4.79. The van der Waals surface area contributed by atoms with E-state index in [4.69, 9.17) is 11.6 Å². The molecule has 0 fully saturated rings. The lowest BCUT2D eigenvalue weighted by molar-refractivity contribution is 0.772. The van der Waals surface area contributed by atoms with Gasteiger partial charge in [0.25, 0.3) is 0 Å². The van der Waals surface area contributed by atoms with E-state index in [1.54, 1.807) is 0 Å². The number of fused-ring (bicyclic) bond motifs is 1. The molecule has 2 nitrogen and oxygen atoms in total. The first-order valence-electron chi connectivity index (χ1n) is 6.19. The summed E-state index contributed by atoms with van der Waals surface area (Å²) in [4.78, 5) is 4.27. The molecule has 1 N–H and O–H groups in total. The predicted octanol–water partition coefficient (Wildman–Crippen LogP) is 3.62. The zero-order valence-electron chi connectivity index (χ0n) is 10.3. The van der Waals surface area contributed by atoms with Crippen LogP contribution < -0.4 is 5.32 Å². The molecule has 0 aliphatic heterocycles. The van der Waals surface area contributed by atoms with Crippen LogP contribution in [0.15, 0.2) is 36.4 Å². The van der Waals surface area contributed by atoms with E-state index in [1.165, 1.54) is 11.1 Å². The van der Waals surface area contributed by atoms with Crippen LogP contribution in [0.3, 0.4) is 0 Å². The summed E-state index contributed by atoms with van der Waals surface area (Å²) in [6, 6.07) is 12.9. The number of rotatable bonds is 2. The number of hydrogen-bond donors (Lipinski definition) is 1. The normalized spacial score (nSPS) is 14.6. The molecule has 0 amide bonds.